The van der Waals surface area contributed by atoms with Gasteiger partial charge in [-0.15, -0.1) is 4.57 Å². The molecule has 0 aliphatic carbocycles. The highest BCUT2D eigenvalue weighted by atomic mass is 16.5. The highest BCUT2D eigenvalue weighted by molar-refractivity contribution is 5.92. The lowest BCUT2D eigenvalue weighted by Crippen LogP contribution is -2.20. The highest BCUT2D eigenvalue weighted by Gasteiger charge is 2.08. The van der Waals surface area contributed by atoms with Crippen molar-refractivity contribution in [3.63, 3.8) is 0 Å². The Morgan fingerprint density at radius 1 is 1.03 bits per heavy atom. The minimum absolute atomic E-state index is 0.101. The monoisotopic (exact) mass is 419 g/mol. The Morgan fingerprint density at radius 3 is 2.65 bits per heavy atom. The van der Waals surface area contributed by atoms with E-state index in [4.69, 9.17) is 14.0 Å². The molecule has 0 saturated heterocycles. The van der Waals surface area contributed by atoms with Crippen molar-refractivity contribution >= 4 is 17.2 Å². The van der Waals surface area contributed by atoms with Gasteiger partial charge in [0.2, 0.25) is 0 Å². The molecule has 0 aliphatic heterocycles. The number of ether oxygens (including phenoxy) is 2. The Labute approximate surface area is 178 Å². The second-order valence-electron chi connectivity index (χ2n) is 7.05. The molecule has 0 radical (unpaired) electrons. The summed E-state index contributed by atoms with van der Waals surface area (Å²) in [4.78, 5) is 28.6. The van der Waals surface area contributed by atoms with Crippen molar-refractivity contribution in [1.82, 2.24) is 9.56 Å². The fourth-order valence-corrected chi connectivity index (χ4v) is 2.95. The molecule has 0 saturated carbocycles. The van der Waals surface area contributed by atoms with Crippen LogP contribution in [0.2, 0.25) is 0 Å². The summed E-state index contributed by atoms with van der Waals surface area (Å²) in [5.74, 6) is 1.47. The summed E-state index contributed by atoms with van der Waals surface area (Å²) in [5.41, 5.74) is 2.29. The first-order chi connectivity index (χ1) is 15.0. The van der Waals surface area contributed by atoms with Crippen molar-refractivity contribution in [2.24, 2.45) is 0 Å². The number of aromatic nitrogens is 2. The number of hydrogen-bond donors (Lipinski definition) is 1. The van der Waals surface area contributed by atoms with Gasteiger partial charge in [0.15, 0.2) is 12.3 Å². The molecule has 8 heteroatoms. The molecule has 31 heavy (non-hydrogen) atoms. The molecule has 2 aromatic carbocycles. The van der Waals surface area contributed by atoms with E-state index in [0.717, 1.165) is 10.1 Å². The van der Waals surface area contributed by atoms with Gasteiger partial charge in [-0.2, -0.15) is 0 Å². The van der Waals surface area contributed by atoms with Crippen molar-refractivity contribution in [2.45, 2.75) is 20.5 Å². The first-order valence-corrected chi connectivity index (χ1v) is 9.68. The fourth-order valence-electron chi connectivity index (χ4n) is 2.95. The Morgan fingerprint density at radius 2 is 1.84 bits per heavy atom. The molecular weight excluding hydrogens is 398 g/mol. The lowest BCUT2D eigenvalue weighted by Gasteiger charge is -2.10. The molecule has 0 spiro atoms. The number of nitrogens with zero attached hydrogens (tertiary/aromatic N) is 2. The standard InChI is InChI=1S/C23H21N3O5/c1-15-6-8-19(9-7-15)30-14-22(27)25-17-4-3-5-20(11-17)29-13-18-12-23(28)26-21(24-18)10-16(2)31-26/h3-12H,13-14H2,1-2H3,(H,25,27). The van der Waals surface area contributed by atoms with Crippen LogP contribution in [0.1, 0.15) is 17.0 Å². The third kappa shape index (κ3) is 5.11. The van der Waals surface area contributed by atoms with Crippen LogP contribution < -0.4 is 20.3 Å². The summed E-state index contributed by atoms with van der Waals surface area (Å²) in [6.45, 7) is 3.73. The van der Waals surface area contributed by atoms with E-state index in [0.29, 0.717) is 34.3 Å². The van der Waals surface area contributed by atoms with Gasteiger partial charge in [-0.05, 0) is 38.1 Å². The van der Waals surface area contributed by atoms with Gasteiger partial charge >= 0.3 is 0 Å². The first kappa shape index (κ1) is 20.2. The third-order valence-electron chi connectivity index (χ3n) is 4.42. The van der Waals surface area contributed by atoms with Gasteiger partial charge in [0.1, 0.15) is 23.9 Å². The molecule has 0 bridgehead atoms. The van der Waals surface area contributed by atoms with Gasteiger partial charge in [0, 0.05) is 23.9 Å². The minimum atomic E-state index is -0.314. The van der Waals surface area contributed by atoms with Gasteiger partial charge in [0.25, 0.3) is 11.5 Å². The van der Waals surface area contributed by atoms with Crippen LogP contribution >= 0.6 is 0 Å². The first-order valence-electron chi connectivity index (χ1n) is 9.68. The summed E-state index contributed by atoms with van der Waals surface area (Å²) >= 11 is 0. The largest absolute Gasteiger partial charge is 0.487 e. The number of anilines is 1. The summed E-state index contributed by atoms with van der Waals surface area (Å²) in [7, 11) is 0. The van der Waals surface area contributed by atoms with Crippen molar-refractivity contribution < 1.29 is 18.8 Å². The third-order valence-corrected chi connectivity index (χ3v) is 4.42. The Hall–Kier alpha value is -4.07. The van der Waals surface area contributed by atoms with Gasteiger partial charge in [-0.3, -0.25) is 9.59 Å². The molecule has 2 aromatic heterocycles. The van der Waals surface area contributed by atoms with Crippen molar-refractivity contribution in [1.29, 1.82) is 0 Å². The zero-order chi connectivity index (χ0) is 21.8. The predicted molar refractivity (Wildman–Crippen MR) is 115 cm³/mol. The van der Waals surface area contributed by atoms with E-state index in [1.807, 2.05) is 31.2 Å². The van der Waals surface area contributed by atoms with E-state index >= 15 is 0 Å². The SMILES string of the molecule is Cc1ccc(OCC(=O)Nc2cccc(OCc3cc(=O)n4oc(C)cc4n3)c2)cc1. The molecule has 158 valence electrons. The summed E-state index contributed by atoms with van der Waals surface area (Å²) in [6, 6.07) is 17.5. The lowest BCUT2D eigenvalue weighted by atomic mass is 10.2. The fraction of sp³-hybridized carbons (Fsp3) is 0.174. The zero-order valence-electron chi connectivity index (χ0n) is 17.1. The van der Waals surface area contributed by atoms with Crippen molar-refractivity contribution in [3.8, 4) is 11.5 Å². The summed E-state index contributed by atoms with van der Waals surface area (Å²) in [5, 5.41) is 2.77. The summed E-state index contributed by atoms with van der Waals surface area (Å²) in [6.07, 6.45) is 0. The topological polar surface area (TPSA) is 95.1 Å². The van der Waals surface area contributed by atoms with Crippen LogP contribution in [0.3, 0.4) is 0 Å². The number of fused-ring (bicyclic) bond motifs is 1. The van der Waals surface area contributed by atoms with Crippen LogP contribution in [0, 0.1) is 13.8 Å². The molecule has 1 N–H and O–H groups in total. The smallest absolute Gasteiger partial charge is 0.287 e. The van der Waals surface area contributed by atoms with Gasteiger partial charge < -0.3 is 19.3 Å². The number of benzene rings is 2. The highest BCUT2D eigenvalue weighted by Crippen LogP contribution is 2.19. The number of rotatable bonds is 7. The Balaban J connectivity index is 1.35. The maximum Gasteiger partial charge on any atom is 0.287 e. The van der Waals surface area contributed by atoms with Gasteiger partial charge in [-0.1, -0.05) is 23.8 Å². The van der Waals surface area contributed by atoms with Crippen LogP contribution in [-0.2, 0) is 11.4 Å². The van der Waals surface area contributed by atoms with Crippen LogP contribution in [0.4, 0.5) is 5.69 Å². The number of carbonyl (C=O) groups is 1. The van der Waals surface area contributed by atoms with E-state index in [2.05, 4.69) is 10.3 Å². The molecule has 0 aliphatic rings. The molecule has 0 fully saturated rings. The Bertz CT molecular complexity index is 1270. The molecule has 8 nitrogen and oxygen atoms in total. The molecule has 1 amide bonds. The quantitative estimate of drug-likeness (QED) is 0.493. The van der Waals surface area contributed by atoms with E-state index in [1.54, 1.807) is 37.3 Å². The van der Waals surface area contributed by atoms with E-state index in [-0.39, 0.29) is 24.7 Å². The van der Waals surface area contributed by atoms with E-state index < -0.39 is 0 Å². The number of carbonyl (C=O) groups excluding carboxylic acids is 1. The van der Waals surface area contributed by atoms with Crippen LogP contribution in [0.15, 0.2) is 70.0 Å². The van der Waals surface area contributed by atoms with Gasteiger partial charge in [-0.25, -0.2) is 4.98 Å². The second kappa shape index (κ2) is 8.74. The second-order valence-corrected chi connectivity index (χ2v) is 7.05. The maximum atomic E-state index is 12.2. The number of nitrogens with one attached hydrogen (secondary N) is 1. The minimum Gasteiger partial charge on any atom is -0.487 e. The van der Waals surface area contributed by atoms with E-state index in [1.165, 1.54) is 6.07 Å². The summed E-state index contributed by atoms with van der Waals surface area (Å²) < 4.78 is 17.6. The number of aryl methyl sites for hydroxylation is 2. The molecule has 4 aromatic rings. The molecule has 0 unspecified atom stereocenters. The maximum absolute atomic E-state index is 12.2. The average Bonchev–Trinajstić information content (AvgIpc) is 3.13. The molecule has 2 heterocycles. The average molecular weight is 419 g/mol. The van der Waals surface area contributed by atoms with Crippen LogP contribution in [0.25, 0.3) is 5.65 Å². The molecule has 0 atom stereocenters. The Kier molecular flexibility index (Phi) is 5.70. The number of amides is 1. The van der Waals surface area contributed by atoms with Crippen molar-refractivity contribution in [3.05, 3.63) is 88.0 Å². The lowest BCUT2D eigenvalue weighted by molar-refractivity contribution is -0.118. The zero-order valence-corrected chi connectivity index (χ0v) is 17.1. The van der Waals surface area contributed by atoms with Crippen LogP contribution in [0.5, 0.6) is 11.5 Å². The normalized spacial score (nSPS) is 10.8. The molecule has 4 rings (SSSR count). The van der Waals surface area contributed by atoms with E-state index in [9.17, 15) is 9.59 Å². The number of hydrogen-bond acceptors (Lipinski definition) is 6. The van der Waals surface area contributed by atoms with Gasteiger partial charge in [0.05, 0.1) is 5.69 Å². The van der Waals surface area contributed by atoms with Crippen LogP contribution in [-0.4, -0.2) is 22.1 Å². The van der Waals surface area contributed by atoms with Crippen molar-refractivity contribution in [2.75, 3.05) is 11.9 Å². The predicted octanol–water partition coefficient (Wildman–Crippen LogP) is 3.50. The molecular formula is C23H21N3O5.